The molecule has 0 fully saturated rings. The first-order chi connectivity index (χ1) is 16.7. The molecule has 0 radical (unpaired) electrons. The molecule has 5 nitrogen and oxygen atoms in total. The zero-order valence-corrected chi connectivity index (χ0v) is 19.7. The molecule has 0 aliphatic heterocycles. The van der Waals surface area contributed by atoms with E-state index in [0.717, 1.165) is 11.1 Å². The number of nitrogens with zero attached hydrogens (tertiary/aromatic N) is 1. The third-order valence-electron chi connectivity index (χ3n) is 5.18. The Balaban J connectivity index is 1.71. The molecule has 0 spiro atoms. The molecule has 6 heteroatoms. The van der Waals surface area contributed by atoms with E-state index in [2.05, 4.69) is 10.3 Å². The molecule has 0 aliphatic carbocycles. The number of amides is 1. The number of pyridine rings is 1. The van der Waals surface area contributed by atoms with E-state index >= 15 is 0 Å². The number of benzene rings is 3. The Hall–Kier alpha value is -4.32. The van der Waals surface area contributed by atoms with Crippen molar-refractivity contribution >= 4 is 17.6 Å². The highest BCUT2D eigenvalue weighted by atomic mass is 19.1. The van der Waals surface area contributed by atoms with Gasteiger partial charge in [-0.3, -0.25) is 9.78 Å². The average molecular weight is 469 g/mol. The number of hydrogen-bond donors (Lipinski definition) is 1. The molecule has 0 unspecified atom stereocenters. The predicted octanol–water partition coefficient (Wildman–Crippen LogP) is 6.76. The second-order valence-electron chi connectivity index (χ2n) is 9.02. The first-order valence-corrected chi connectivity index (χ1v) is 11.2. The Kier molecular flexibility index (Phi) is 6.73. The minimum absolute atomic E-state index is 0.167. The number of esters is 1. The first kappa shape index (κ1) is 23.8. The summed E-state index contributed by atoms with van der Waals surface area (Å²) in [7, 11) is 0. The van der Waals surface area contributed by atoms with E-state index in [4.69, 9.17) is 4.74 Å². The standard InChI is InChI=1S/C29H25FN2O3/c1-29(2,3)35-28(34)24-14-13-20(23-11-7-8-12-25(23)30)16-26(24)32-27(33)22-15-21(17-31-18-22)19-9-5-4-6-10-19/h4-18H,1-3H3,(H,32,33). The Bertz CT molecular complexity index is 1380. The lowest BCUT2D eigenvalue weighted by atomic mass is 10.0. The monoisotopic (exact) mass is 468 g/mol. The van der Waals surface area contributed by atoms with Crippen molar-refractivity contribution < 1.29 is 18.7 Å². The SMILES string of the molecule is CC(C)(C)OC(=O)c1ccc(-c2ccccc2F)cc1NC(=O)c1cncc(-c2ccccc2)c1. The Labute approximate surface area is 203 Å². The van der Waals surface area contributed by atoms with Crippen molar-refractivity contribution in [2.24, 2.45) is 0 Å². The van der Waals surface area contributed by atoms with Gasteiger partial charge in [0.05, 0.1) is 16.8 Å². The summed E-state index contributed by atoms with van der Waals surface area (Å²) in [6, 6.07) is 22.4. The quantitative estimate of drug-likeness (QED) is 0.329. The molecule has 4 rings (SSSR count). The van der Waals surface area contributed by atoms with Gasteiger partial charge in [0.15, 0.2) is 0 Å². The van der Waals surface area contributed by atoms with Crippen LogP contribution in [-0.4, -0.2) is 22.5 Å². The van der Waals surface area contributed by atoms with Crippen LogP contribution in [-0.2, 0) is 4.74 Å². The van der Waals surface area contributed by atoms with E-state index in [-0.39, 0.29) is 11.3 Å². The zero-order chi connectivity index (χ0) is 25.0. The lowest BCUT2D eigenvalue weighted by molar-refractivity contribution is 0.00708. The van der Waals surface area contributed by atoms with Crippen LogP contribution in [0.25, 0.3) is 22.3 Å². The van der Waals surface area contributed by atoms with Crippen LogP contribution in [0.1, 0.15) is 41.5 Å². The van der Waals surface area contributed by atoms with E-state index in [1.54, 1.807) is 63.4 Å². The fraction of sp³-hybridized carbons (Fsp3) is 0.138. The summed E-state index contributed by atoms with van der Waals surface area (Å²) >= 11 is 0. The highest BCUT2D eigenvalue weighted by Crippen LogP contribution is 2.29. The molecule has 1 N–H and O–H groups in total. The van der Waals surface area contributed by atoms with Gasteiger partial charge in [0.1, 0.15) is 11.4 Å². The Morgan fingerprint density at radius 2 is 1.54 bits per heavy atom. The lowest BCUT2D eigenvalue weighted by Crippen LogP contribution is -2.25. The van der Waals surface area contributed by atoms with E-state index in [1.807, 2.05) is 30.3 Å². The molecule has 1 aromatic heterocycles. The van der Waals surface area contributed by atoms with Crippen LogP contribution < -0.4 is 5.32 Å². The van der Waals surface area contributed by atoms with Crippen molar-refractivity contribution in [1.29, 1.82) is 0 Å². The highest BCUT2D eigenvalue weighted by molar-refractivity contribution is 6.08. The van der Waals surface area contributed by atoms with Gasteiger partial charge in [-0.1, -0.05) is 54.6 Å². The van der Waals surface area contributed by atoms with Crippen molar-refractivity contribution in [2.45, 2.75) is 26.4 Å². The smallest absolute Gasteiger partial charge is 0.340 e. The number of hydrogen-bond acceptors (Lipinski definition) is 4. The number of rotatable bonds is 5. The summed E-state index contributed by atoms with van der Waals surface area (Å²) in [4.78, 5) is 30.3. The maximum absolute atomic E-state index is 14.4. The number of anilines is 1. The number of halogens is 1. The molecule has 0 saturated heterocycles. The predicted molar refractivity (Wildman–Crippen MR) is 135 cm³/mol. The maximum atomic E-state index is 14.4. The van der Waals surface area contributed by atoms with Gasteiger partial charge in [-0.25, -0.2) is 9.18 Å². The van der Waals surface area contributed by atoms with Gasteiger partial charge >= 0.3 is 5.97 Å². The molecule has 3 aromatic carbocycles. The number of aromatic nitrogens is 1. The fourth-order valence-corrected chi connectivity index (χ4v) is 3.57. The van der Waals surface area contributed by atoms with Gasteiger partial charge < -0.3 is 10.1 Å². The molecule has 4 aromatic rings. The van der Waals surface area contributed by atoms with Gasteiger partial charge in [0.25, 0.3) is 5.91 Å². The van der Waals surface area contributed by atoms with Crippen LogP contribution in [0, 0.1) is 5.82 Å². The van der Waals surface area contributed by atoms with Gasteiger partial charge in [-0.15, -0.1) is 0 Å². The highest BCUT2D eigenvalue weighted by Gasteiger charge is 2.22. The average Bonchev–Trinajstić information content (AvgIpc) is 2.84. The first-order valence-electron chi connectivity index (χ1n) is 11.2. The van der Waals surface area contributed by atoms with Crippen molar-refractivity contribution in [3.8, 4) is 22.3 Å². The third-order valence-corrected chi connectivity index (χ3v) is 5.18. The minimum atomic E-state index is -0.726. The molecule has 176 valence electrons. The molecule has 0 aliphatic rings. The van der Waals surface area contributed by atoms with Crippen LogP contribution in [0.15, 0.2) is 91.3 Å². The number of ether oxygens (including phenoxy) is 1. The summed E-state index contributed by atoms with van der Waals surface area (Å²) < 4.78 is 20.0. The van der Waals surface area contributed by atoms with Crippen molar-refractivity contribution in [2.75, 3.05) is 5.32 Å². The van der Waals surface area contributed by atoms with E-state index in [0.29, 0.717) is 16.7 Å². The molecule has 0 saturated carbocycles. The van der Waals surface area contributed by atoms with Crippen molar-refractivity contribution in [3.05, 3.63) is 108 Å². The van der Waals surface area contributed by atoms with Gasteiger partial charge in [0, 0.05) is 23.5 Å². The molecular weight excluding hydrogens is 443 g/mol. The van der Waals surface area contributed by atoms with Crippen molar-refractivity contribution in [3.63, 3.8) is 0 Å². The summed E-state index contributed by atoms with van der Waals surface area (Å²) in [5.74, 6) is -1.45. The second kappa shape index (κ2) is 9.89. The fourth-order valence-electron chi connectivity index (χ4n) is 3.57. The van der Waals surface area contributed by atoms with Crippen molar-refractivity contribution in [1.82, 2.24) is 4.98 Å². The van der Waals surface area contributed by atoms with Crippen LogP contribution in [0.2, 0.25) is 0 Å². The lowest BCUT2D eigenvalue weighted by Gasteiger charge is -2.21. The molecule has 1 heterocycles. The Morgan fingerprint density at radius 3 is 2.26 bits per heavy atom. The Morgan fingerprint density at radius 1 is 0.829 bits per heavy atom. The van der Waals surface area contributed by atoms with Gasteiger partial charge in [-0.2, -0.15) is 0 Å². The normalized spacial score (nSPS) is 11.1. The number of carbonyl (C=O) groups is 2. The maximum Gasteiger partial charge on any atom is 0.340 e. The summed E-state index contributed by atoms with van der Waals surface area (Å²) in [6.45, 7) is 5.28. The summed E-state index contributed by atoms with van der Waals surface area (Å²) in [5, 5.41) is 2.80. The van der Waals surface area contributed by atoms with E-state index < -0.39 is 23.3 Å². The summed E-state index contributed by atoms with van der Waals surface area (Å²) in [5.41, 5.74) is 2.55. The topological polar surface area (TPSA) is 68.3 Å². The largest absolute Gasteiger partial charge is 0.456 e. The second-order valence-corrected chi connectivity index (χ2v) is 9.02. The van der Waals surface area contributed by atoms with E-state index in [1.165, 1.54) is 18.3 Å². The molecule has 35 heavy (non-hydrogen) atoms. The summed E-state index contributed by atoms with van der Waals surface area (Å²) in [6.07, 6.45) is 3.13. The van der Waals surface area contributed by atoms with Crippen LogP contribution >= 0.6 is 0 Å². The van der Waals surface area contributed by atoms with E-state index in [9.17, 15) is 14.0 Å². The molecule has 1 amide bonds. The van der Waals surface area contributed by atoms with Crippen LogP contribution in [0.3, 0.4) is 0 Å². The number of carbonyl (C=O) groups excluding carboxylic acids is 2. The minimum Gasteiger partial charge on any atom is -0.456 e. The van der Waals surface area contributed by atoms with Gasteiger partial charge in [-0.05, 0) is 56.2 Å². The number of nitrogens with one attached hydrogen (secondary N) is 1. The molecule has 0 bridgehead atoms. The van der Waals surface area contributed by atoms with Gasteiger partial charge in [0.2, 0.25) is 0 Å². The molecule has 0 atom stereocenters. The molecular formula is C29H25FN2O3. The third kappa shape index (κ3) is 5.79. The van der Waals surface area contributed by atoms with Crippen LogP contribution in [0.5, 0.6) is 0 Å². The van der Waals surface area contributed by atoms with Crippen LogP contribution in [0.4, 0.5) is 10.1 Å². The zero-order valence-electron chi connectivity index (χ0n) is 19.7.